The number of amides is 1. The largest absolute Gasteiger partial charge is 0.486 e. The van der Waals surface area contributed by atoms with Crippen LogP contribution in [0.2, 0.25) is 0 Å². The van der Waals surface area contributed by atoms with E-state index in [1.165, 1.54) is 12.1 Å². The first-order valence-corrected chi connectivity index (χ1v) is 7.68. The first-order chi connectivity index (χ1) is 10.8. The van der Waals surface area contributed by atoms with Gasteiger partial charge < -0.3 is 15.4 Å². The minimum atomic E-state index is -0.503. The normalized spacial score (nSPS) is 11.5. The Morgan fingerprint density at radius 3 is 2.58 bits per heavy atom. The molecule has 1 atom stereocenters. The first-order valence-electron chi connectivity index (χ1n) is 7.68. The fourth-order valence-electron chi connectivity index (χ4n) is 1.97. The maximum absolute atomic E-state index is 12.0. The standard InChI is InChI=1S/C16H25N3O4.ClH/c1-12(2)13(17)8-10-18(3)16(20)9-11-23-15-7-5-4-6-14(15)19(21)22;/h4-7,12-13H,8-11,17H2,1-3H3;1H. The minimum absolute atomic E-state index is 0. The molecular weight excluding hydrogens is 334 g/mol. The molecule has 2 N–H and O–H groups in total. The van der Waals surface area contributed by atoms with Crippen molar-refractivity contribution in [1.29, 1.82) is 0 Å². The molecule has 0 heterocycles. The summed E-state index contributed by atoms with van der Waals surface area (Å²) in [7, 11) is 1.72. The molecular formula is C16H26ClN3O4. The highest BCUT2D eigenvalue weighted by Crippen LogP contribution is 2.25. The Morgan fingerprint density at radius 2 is 2.00 bits per heavy atom. The summed E-state index contributed by atoms with van der Waals surface area (Å²) in [5.41, 5.74) is 5.86. The molecule has 24 heavy (non-hydrogen) atoms. The van der Waals surface area contributed by atoms with Crippen molar-refractivity contribution in [1.82, 2.24) is 4.90 Å². The number of rotatable bonds is 9. The number of hydrogen-bond donors (Lipinski definition) is 1. The third kappa shape index (κ3) is 7.14. The molecule has 0 aliphatic heterocycles. The van der Waals surface area contributed by atoms with E-state index in [1.54, 1.807) is 24.1 Å². The predicted molar refractivity (Wildman–Crippen MR) is 95.5 cm³/mol. The van der Waals surface area contributed by atoms with Gasteiger partial charge in [0.15, 0.2) is 5.75 Å². The summed E-state index contributed by atoms with van der Waals surface area (Å²) in [6.07, 6.45) is 0.907. The number of carbonyl (C=O) groups is 1. The quantitative estimate of drug-likeness (QED) is 0.539. The van der Waals surface area contributed by atoms with Crippen molar-refractivity contribution >= 4 is 24.0 Å². The van der Waals surface area contributed by atoms with E-state index in [0.29, 0.717) is 12.5 Å². The first kappa shape index (κ1) is 22.1. The van der Waals surface area contributed by atoms with E-state index in [9.17, 15) is 14.9 Å². The number of nitro groups is 1. The molecule has 0 radical (unpaired) electrons. The van der Waals surface area contributed by atoms with Crippen molar-refractivity contribution in [2.75, 3.05) is 20.2 Å². The van der Waals surface area contributed by atoms with E-state index in [4.69, 9.17) is 10.5 Å². The molecule has 1 aromatic rings. The number of nitrogens with zero attached hydrogens (tertiary/aromatic N) is 2. The molecule has 1 unspecified atom stereocenters. The van der Waals surface area contributed by atoms with E-state index in [1.807, 2.05) is 13.8 Å². The highest BCUT2D eigenvalue weighted by atomic mass is 35.5. The smallest absolute Gasteiger partial charge is 0.310 e. The van der Waals surface area contributed by atoms with Crippen molar-refractivity contribution in [2.45, 2.75) is 32.7 Å². The lowest BCUT2D eigenvalue weighted by Gasteiger charge is -2.21. The van der Waals surface area contributed by atoms with E-state index >= 15 is 0 Å². The zero-order chi connectivity index (χ0) is 17.4. The van der Waals surface area contributed by atoms with E-state index in [0.717, 1.165) is 6.42 Å². The van der Waals surface area contributed by atoms with Gasteiger partial charge in [0.1, 0.15) is 0 Å². The molecule has 0 spiro atoms. The highest BCUT2D eigenvalue weighted by Gasteiger charge is 2.16. The van der Waals surface area contributed by atoms with E-state index < -0.39 is 4.92 Å². The molecule has 0 bridgehead atoms. The summed E-state index contributed by atoms with van der Waals surface area (Å²) < 4.78 is 5.37. The van der Waals surface area contributed by atoms with Gasteiger partial charge in [-0.3, -0.25) is 14.9 Å². The third-order valence-corrected chi connectivity index (χ3v) is 3.72. The summed E-state index contributed by atoms with van der Waals surface area (Å²) in [6, 6.07) is 6.18. The molecule has 8 heteroatoms. The van der Waals surface area contributed by atoms with Gasteiger partial charge >= 0.3 is 5.69 Å². The van der Waals surface area contributed by atoms with Crippen LogP contribution in [0.25, 0.3) is 0 Å². The van der Waals surface area contributed by atoms with Crippen LogP contribution in [0.4, 0.5) is 5.69 Å². The Labute approximate surface area is 148 Å². The molecule has 1 aromatic carbocycles. The molecule has 0 aliphatic carbocycles. The average Bonchev–Trinajstić information content (AvgIpc) is 2.52. The Kier molecular flexibility index (Phi) is 9.99. The number of para-hydroxylation sites is 2. The van der Waals surface area contributed by atoms with Crippen molar-refractivity contribution in [2.24, 2.45) is 11.7 Å². The van der Waals surface area contributed by atoms with E-state index in [-0.39, 0.29) is 48.8 Å². The lowest BCUT2D eigenvalue weighted by molar-refractivity contribution is -0.385. The number of halogens is 1. The number of ether oxygens (including phenoxy) is 1. The summed E-state index contributed by atoms with van der Waals surface area (Å²) in [4.78, 5) is 24.0. The molecule has 7 nitrogen and oxygen atoms in total. The molecule has 0 aliphatic rings. The van der Waals surface area contributed by atoms with Crippen molar-refractivity contribution in [3.63, 3.8) is 0 Å². The molecule has 0 saturated heterocycles. The lowest BCUT2D eigenvalue weighted by Crippen LogP contribution is -2.35. The van der Waals surface area contributed by atoms with Crippen molar-refractivity contribution < 1.29 is 14.5 Å². The van der Waals surface area contributed by atoms with Crippen LogP contribution in [0.1, 0.15) is 26.7 Å². The van der Waals surface area contributed by atoms with Crippen LogP contribution in [0.15, 0.2) is 24.3 Å². The average molecular weight is 360 g/mol. The fraction of sp³-hybridized carbons (Fsp3) is 0.562. The monoisotopic (exact) mass is 359 g/mol. The summed E-state index contributed by atoms with van der Waals surface area (Å²) in [5, 5.41) is 10.9. The van der Waals surface area contributed by atoms with Crippen LogP contribution in [-0.4, -0.2) is 42.0 Å². The molecule has 0 saturated carbocycles. The summed E-state index contributed by atoms with van der Waals surface area (Å²) in [5.74, 6) is 0.481. The highest BCUT2D eigenvalue weighted by molar-refractivity contribution is 5.85. The van der Waals surface area contributed by atoms with Crippen LogP contribution in [-0.2, 0) is 4.79 Å². The van der Waals surface area contributed by atoms with Gasteiger partial charge in [-0.2, -0.15) is 0 Å². The van der Waals surface area contributed by atoms with E-state index in [2.05, 4.69) is 0 Å². The van der Waals surface area contributed by atoms with Crippen LogP contribution in [0.3, 0.4) is 0 Å². The van der Waals surface area contributed by atoms with Gasteiger partial charge in [-0.05, 0) is 18.4 Å². The third-order valence-electron chi connectivity index (χ3n) is 3.72. The van der Waals surface area contributed by atoms with Gasteiger partial charge in [0, 0.05) is 25.7 Å². The predicted octanol–water partition coefficient (Wildman–Crippen LogP) is 2.62. The summed E-state index contributed by atoms with van der Waals surface area (Å²) in [6.45, 7) is 4.79. The van der Waals surface area contributed by atoms with Gasteiger partial charge in [-0.25, -0.2) is 0 Å². The summed E-state index contributed by atoms with van der Waals surface area (Å²) >= 11 is 0. The SMILES string of the molecule is CC(C)C(N)CCN(C)C(=O)CCOc1ccccc1[N+](=O)[O-].Cl. The Bertz CT molecular complexity index is 540. The van der Waals surface area contributed by atoms with Gasteiger partial charge in [0.2, 0.25) is 5.91 Å². The van der Waals surface area contributed by atoms with Gasteiger partial charge in [-0.1, -0.05) is 26.0 Å². The van der Waals surface area contributed by atoms with Gasteiger partial charge in [0.05, 0.1) is 18.0 Å². The number of carbonyl (C=O) groups excluding carboxylic acids is 1. The molecule has 0 fully saturated rings. The van der Waals surface area contributed by atoms with Crippen molar-refractivity contribution in [3.05, 3.63) is 34.4 Å². The zero-order valence-corrected chi connectivity index (χ0v) is 15.1. The molecule has 136 valence electrons. The van der Waals surface area contributed by atoms with Crippen LogP contribution in [0, 0.1) is 16.0 Å². The Morgan fingerprint density at radius 1 is 1.38 bits per heavy atom. The lowest BCUT2D eigenvalue weighted by atomic mass is 10.0. The maximum atomic E-state index is 12.0. The second kappa shape index (κ2) is 10.8. The second-order valence-electron chi connectivity index (χ2n) is 5.84. The molecule has 0 aromatic heterocycles. The fourth-order valence-corrected chi connectivity index (χ4v) is 1.97. The molecule has 1 rings (SSSR count). The van der Waals surface area contributed by atoms with Gasteiger partial charge in [0.25, 0.3) is 0 Å². The Hall–Kier alpha value is -1.86. The van der Waals surface area contributed by atoms with Crippen LogP contribution in [0.5, 0.6) is 5.75 Å². The molecule has 1 amide bonds. The van der Waals surface area contributed by atoms with Crippen LogP contribution >= 0.6 is 12.4 Å². The zero-order valence-electron chi connectivity index (χ0n) is 14.3. The maximum Gasteiger partial charge on any atom is 0.310 e. The second-order valence-corrected chi connectivity index (χ2v) is 5.84. The van der Waals surface area contributed by atoms with Gasteiger partial charge in [-0.15, -0.1) is 12.4 Å². The Balaban J connectivity index is 0.00000529. The number of benzene rings is 1. The topological polar surface area (TPSA) is 98.7 Å². The number of hydrogen-bond acceptors (Lipinski definition) is 5. The minimum Gasteiger partial charge on any atom is -0.486 e. The number of nitrogens with two attached hydrogens (primary N) is 1. The van der Waals surface area contributed by atoms with Crippen LogP contribution < -0.4 is 10.5 Å². The number of nitro benzene ring substituents is 1. The van der Waals surface area contributed by atoms with Crippen molar-refractivity contribution in [3.8, 4) is 5.75 Å².